The van der Waals surface area contributed by atoms with Crippen molar-refractivity contribution in [1.29, 1.82) is 0 Å². The Balaban J connectivity index is 2.14. The van der Waals surface area contributed by atoms with Crippen molar-refractivity contribution in [3.05, 3.63) is 59.1 Å². The average Bonchev–Trinajstić information content (AvgIpc) is 2.52. The van der Waals surface area contributed by atoms with E-state index in [9.17, 15) is 4.79 Å². The summed E-state index contributed by atoms with van der Waals surface area (Å²) in [5.74, 6) is -0.158. The molecule has 4 heteroatoms. The lowest BCUT2D eigenvalue weighted by molar-refractivity contribution is 0.0949. The maximum atomic E-state index is 12.2. The number of rotatable bonds is 6. The van der Waals surface area contributed by atoms with Crippen LogP contribution in [-0.4, -0.2) is 26.2 Å². The molecular formula is C17H18ClNO2. The number of amides is 1. The summed E-state index contributed by atoms with van der Waals surface area (Å²) in [7, 11) is 1.64. The molecule has 2 aromatic carbocycles. The second kappa shape index (κ2) is 7.81. The predicted octanol–water partition coefficient (Wildman–Crippen LogP) is 3.77. The Labute approximate surface area is 129 Å². The van der Waals surface area contributed by atoms with Crippen molar-refractivity contribution < 1.29 is 9.53 Å². The van der Waals surface area contributed by atoms with E-state index < -0.39 is 0 Å². The molecule has 0 saturated heterocycles. The predicted molar refractivity (Wildman–Crippen MR) is 85.7 cm³/mol. The molecule has 0 radical (unpaired) electrons. The zero-order valence-electron chi connectivity index (χ0n) is 11.9. The van der Waals surface area contributed by atoms with Gasteiger partial charge in [0.1, 0.15) is 0 Å². The van der Waals surface area contributed by atoms with Gasteiger partial charge in [-0.3, -0.25) is 4.79 Å². The van der Waals surface area contributed by atoms with Crippen LogP contribution in [0.3, 0.4) is 0 Å². The molecule has 21 heavy (non-hydrogen) atoms. The van der Waals surface area contributed by atoms with Crippen LogP contribution in [0, 0.1) is 0 Å². The van der Waals surface area contributed by atoms with E-state index in [4.69, 9.17) is 16.3 Å². The molecule has 0 aromatic heterocycles. The Morgan fingerprint density at radius 1 is 1.14 bits per heavy atom. The van der Waals surface area contributed by atoms with Gasteiger partial charge in [-0.05, 0) is 29.7 Å². The Kier molecular flexibility index (Phi) is 5.78. The number of nitrogens with one attached hydrogen (secondary N) is 1. The van der Waals surface area contributed by atoms with Crippen LogP contribution in [0.2, 0.25) is 5.02 Å². The molecule has 0 aliphatic carbocycles. The van der Waals surface area contributed by atoms with Crippen LogP contribution in [-0.2, 0) is 4.74 Å². The first-order chi connectivity index (χ1) is 10.2. The third kappa shape index (κ3) is 4.31. The van der Waals surface area contributed by atoms with Gasteiger partial charge in [-0.2, -0.15) is 0 Å². The smallest absolute Gasteiger partial charge is 0.252 e. The minimum Gasteiger partial charge on any atom is -0.385 e. The molecule has 0 saturated carbocycles. The van der Waals surface area contributed by atoms with Gasteiger partial charge < -0.3 is 10.1 Å². The number of benzene rings is 2. The van der Waals surface area contributed by atoms with Crippen molar-refractivity contribution in [2.45, 2.75) is 6.42 Å². The van der Waals surface area contributed by atoms with Gasteiger partial charge in [-0.1, -0.05) is 48.0 Å². The highest BCUT2D eigenvalue weighted by Gasteiger charge is 2.11. The fourth-order valence-corrected chi connectivity index (χ4v) is 2.23. The number of halogens is 1. The third-order valence-electron chi connectivity index (χ3n) is 3.13. The van der Waals surface area contributed by atoms with Crippen LogP contribution in [0.15, 0.2) is 48.5 Å². The SMILES string of the molecule is COCCCNC(=O)c1cc(-c2ccccc2)ccc1Cl. The summed E-state index contributed by atoms with van der Waals surface area (Å²) >= 11 is 6.13. The molecule has 0 heterocycles. The molecule has 0 aliphatic heterocycles. The van der Waals surface area contributed by atoms with Gasteiger partial charge in [0, 0.05) is 20.3 Å². The molecule has 1 N–H and O–H groups in total. The molecule has 3 nitrogen and oxygen atoms in total. The molecule has 0 unspecified atom stereocenters. The topological polar surface area (TPSA) is 38.3 Å². The molecule has 0 bridgehead atoms. The van der Waals surface area contributed by atoms with Crippen molar-refractivity contribution in [3.63, 3.8) is 0 Å². The minimum absolute atomic E-state index is 0.158. The van der Waals surface area contributed by atoms with Gasteiger partial charge in [-0.25, -0.2) is 0 Å². The second-order valence-corrected chi connectivity index (χ2v) is 5.07. The molecule has 1 amide bonds. The molecule has 0 aliphatic rings. The van der Waals surface area contributed by atoms with E-state index >= 15 is 0 Å². The fraction of sp³-hybridized carbons (Fsp3) is 0.235. The average molecular weight is 304 g/mol. The van der Waals surface area contributed by atoms with E-state index in [1.54, 1.807) is 13.2 Å². The largest absolute Gasteiger partial charge is 0.385 e. The van der Waals surface area contributed by atoms with Crippen molar-refractivity contribution in [3.8, 4) is 11.1 Å². The third-order valence-corrected chi connectivity index (χ3v) is 3.46. The number of carbonyl (C=O) groups is 1. The van der Waals surface area contributed by atoms with Gasteiger partial charge in [0.15, 0.2) is 0 Å². The standard InChI is InChI=1S/C17H18ClNO2/c1-21-11-5-10-19-17(20)15-12-14(8-9-16(15)18)13-6-3-2-4-7-13/h2-4,6-9,12H,5,10-11H2,1H3,(H,19,20). The summed E-state index contributed by atoms with van der Waals surface area (Å²) in [6.45, 7) is 1.19. The summed E-state index contributed by atoms with van der Waals surface area (Å²) in [5.41, 5.74) is 2.53. The summed E-state index contributed by atoms with van der Waals surface area (Å²) in [5, 5.41) is 3.31. The van der Waals surface area contributed by atoms with E-state index in [1.165, 1.54) is 0 Å². The van der Waals surface area contributed by atoms with Crippen molar-refractivity contribution >= 4 is 17.5 Å². The first-order valence-electron chi connectivity index (χ1n) is 6.84. The molecular weight excluding hydrogens is 286 g/mol. The van der Waals surface area contributed by atoms with Crippen LogP contribution in [0.4, 0.5) is 0 Å². The minimum atomic E-state index is -0.158. The molecule has 0 atom stereocenters. The lowest BCUT2D eigenvalue weighted by Crippen LogP contribution is -2.25. The summed E-state index contributed by atoms with van der Waals surface area (Å²) in [4.78, 5) is 12.2. The number of ether oxygens (including phenoxy) is 1. The number of methoxy groups -OCH3 is 1. The fourth-order valence-electron chi connectivity index (χ4n) is 2.02. The number of hydrogen-bond donors (Lipinski definition) is 1. The number of hydrogen-bond acceptors (Lipinski definition) is 2. The van der Waals surface area contributed by atoms with Gasteiger partial charge in [0.2, 0.25) is 0 Å². The Morgan fingerprint density at radius 2 is 1.90 bits per heavy atom. The highest BCUT2D eigenvalue weighted by molar-refractivity contribution is 6.34. The quantitative estimate of drug-likeness (QED) is 0.825. The lowest BCUT2D eigenvalue weighted by atomic mass is 10.0. The van der Waals surface area contributed by atoms with Crippen LogP contribution in [0.25, 0.3) is 11.1 Å². The maximum Gasteiger partial charge on any atom is 0.252 e. The van der Waals surface area contributed by atoms with Crippen molar-refractivity contribution in [2.75, 3.05) is 20.3 Å². The highest BCUT2D eigenvalue weighted by atomic mass is 35.5. The lowest BCUT2D eigenvalue weighted by Gasteiger charge is -2.09. The monoisotopic (exact) mass is 303 g/mol. The summed E-state index contributed by atoms with van der Waals surface area (Å²) in [6.07, 6.45) is 0.776. The van der Waals surface area contributed by atoms with Crippen LogP contribution >= 0.6 is 11.6 Å². The van der Waals surface area contributed by atoms with Gasteiger partial charge in [0.25, 0.3) is 5.91 Å². The van der Waals surface area contributed by atoms with Crippen molar-refractivity contribution in [1.82, 2.24) is 5.32 Å². The van der Waals surface area contributed by atoms with E-state index in [2.05, 4.69) is 5.32 Å². The Hall–Kier alpha value is -1.84. The summed E-state index contributed by atoms with van der Waals surface area (Å²) in [6, 6.07) is 15.4. The van der Waals surface area contributed by atoms with Crippen molar-refractivity contribution in [2.24, 2.45) is 0 Å². The van der Waals surface area contributed by atoms with Gasteiger partial charge in [0.05, 0.1) is 10.6 Å². The first-order valence-corrected chi connectivity index (χ1v) is 7.22. The van der Waals surface area contributed by atoms with E-state index in [-0.39, 0.29) is 5.91 Å². The van der Waals surface area contributed by atoms with Gasteiger partial charge in [-0.15, -0.1) is 0 Å². The van der Waals surface area contributed by atoms with Crippen LogP contribution in [0.5, 0.6) is 0 Å². The molecule has 2 aromatic rings. The molecule has 2 rings (SSSR count). The molecule has 110 valence electrons. The normalized spacial score (nSPS) is 10.4. The zero-order valence-corrected chi connectivity index (χ0v) is 12.7. The van der Waals surface area contributed by atoms with Crippen LogP contribution in [0.1, 0.15) is 16.8 Å². The number of carbonyl (C=O) groups excluding carboxylic acids is 1. The highest BCUT2D eigenvalue weighted by Crippen LogP contribution is 2.25. The Morgan fingerprint density at radius 3 is 2.62 bits per heavy atom. The molecule has 0 fully saturated rings. The zero-order chi connectivity index (χ0) is 15.1. The van der Waals surface area contributed by atoms with E-state index in [1.807, 2.05) is 42.5 Å². The maximum absolute atomic E-state index is 12.2. The molecule has 0 spiro atoms. The second-order valence-electron chi connectivity index (χ2n) is 4.66. The van der Waals surface area contributed by atoms with E-state index in [0.29, 0.717) is 23.7 Å². The summed E-state index contributed by atoms with van der Waals surface area (Å²) < 4.78 is 4.95. The van der Waals surface area contributed by atoms with Gasteiger partial charge >= 0.3 is 0 Å². The van der Waals surface area contributed by atoms with Crippen LogP contribution < -0.4 is 5.32 Å². The Bertz CT molecular complexity index is 599. The van der Waals surface area contributed by atoms with E-state index in [0.717, 1.165) is 17.5 Å². The first kappa shape index (κ1) is 15.5.